The predicted molar refractivity (Wildman–Crippen MR) is 92.4 cm³/mol. The van der Waals surface area contributed by atoms with Gasteiger partial charge in [-0.1, -0.05) is 18.2 Å². The molecule has 0 bridgehead atoms. The Balaban J connectivity index is 2.10. The third-order valence-electron chi connectivity index (χ3n) is 4.27. The van der Waals surface area contributed by atoms with E-state index in [2.05, 4.69) is 5.32 Å². The molecule has 2 heterocycles. The van der Waals surface area contributed by atoms with Crippen molar-refractivity contribution in [2.75, 3.05) is 5.73 Å². The first-order valence-corrected chi connectivity index (χ1v) is 7.48. The summed E-state index contributed by atoms with van der Waals surface area (Å²) in [4.78, 5) is 47.0. The molecule has 26 heavy (non-hydrogen) atoms. The lowest BCUT2D eigenvalue weighted by molar-refractivity contribution is -0.383. The number of hydrogen-bond donors (Lipinski definition) is 2. The van der Waals surface area contributed by atoms with Crippen molar-refractivity contribution in [3.8, 4) is 5.69 Å². The summed E-state index contributed by atoms with van der Waals surface area (Å²) in [6.45, 7) is 0. The monoisotopic (exact) mass is 350 g/mol. The largest absolute Gasteiger partial charge is 0.384 e. The molecule has 0 spiro atoms. The van der Waals surface area contributed by atoms with E-state index < -0.39 is 22.3 Å². The van der Waals surface area contributed by atoms with Gasteiger partial charge in [-0.25, -0.2) is 0 Å². The fourth-order valence-electron chi connectivity index (χ4n) is 3.16. The topological polar surface area (TPSA) is 137 Å². The van der Waals surface area contributed by atoms with E-state index in [1.54, 1.807) is 24.3 Å². The van der Waals surface area contributed by atoms with Gasteiger partial charge in [0, 0.05) is 17.5 Å². The zero-order chi connectivity index (χ0) is 18.6. The van der Waals surface area contributed by atoms with Crippen molar-refractivity contribution >= 4 is 34.1 Å². The van der Waals surface area contributed by atoms with Crippen LogP contribution in [0.2, 0.25) is 0 Å². The SMILES string of the molecule is Nc1c2c(cc(=O)n1-c1cccc3c([N+](=O)[O-])cccc13)C(=O)NC2=O. The number of aromatic nitrogens is 1. The van der Waals surface area contributed by atoms with E-state index in [-0.39, 0.29) is 28.3 Å². The average Bonchev–Trinajstić information content (AvgIpc) is 2.88. The minimum absolute atomic E-state index is 0.0834. The molecule has 9 nitrogen and oxygen atoms in total. The second-order valence-electron chi connectivity index (χ2n) is 5.68. The molecule has 0 saturated carbocycles. The Kier molecular flexibility index (Phi) is 3.13. The Morgan fingerprint density at radius 1 is 1.00 bits per heavy atom. The molecule has 0 unspecified atom stereocenters. The molecule has 1 aliphatic rings. The van der Waals surface area contributed by atoms with Crippen LogP contribution < -0.4 is 16.6 Å². The number of carbonyl (C=O) groups excluding carboxylic acids is 2. The Morgan fingerprint density at radius 3 is 2.42 bits per heavy atom. The van der Waals surface area contributed by atoms with Crippen LogP contribution in [0.3, 0.4) is 0 Å². The van der Waals surface area contributed by atoms with Gasteiger partial charge < -0.3 is 5.73 Å². The summed E-state index contributed by atoms with van der Waals surface area (Å²) in [5.74, 6) is -1.58. The molecule has 128 valence electrons. The number of nitro benzene ring substituents is 1. The number of rotatable bonds is 2. The second kappa shape index (κ2) is 5.24. The number of imide groups is 1. The lowest BCUT2D eigenvalue weighted by Gasteiger charge is -2.14. The third kappa shape index (κ3) is 2.00. The molecule has 1 aromatic heterocycles. The Morgan fingerprint density at radius 2 is 1.69 bits per heavy atom. The lowest BCUT2D eigenvalue weighted by Crippen LogP contribution is -2.24. The number of nitrogens with one attached hydrogen (secondary N) is 1. The van der Waals surface area contributed by atoms with Gasteiger partial charge in [0.1, 0.15) is 5.82 Å². The smallest absolute Gasteiger partial charge is 0.277 e. The number of fused-ring (bicyclic) bond motifs is 2. The number of hydrogen-bond acceptors (Lipinski definition) is 6. The highest BCUT2D eigenvalue weighted by Gasteiger charge is 2.32. The summed E-state index contributed by atoms with van der Waals surface area (Å²) in [6.07, 6.45) is 0. The van der Waals surface area contributed by atoms with Gasteiger partial charge in [0.25, 0.3) is 23.1 Å². The van der Waals surface area contributed by atoms with Crippen molar-refractivity contribution in [3.05, 3.63) is 74.1 Å². The maximum atomic E-state index is 12.6. The molecule has 0 aliphatic carbocycles. The molecular weight excluding hydrogens is 340 g/mol. The molecule has 0 saturated heterocycles. The van der Waals surface area contributed by atoms with Crippen LogP contribution in [0, 0.1) is 10.1 Å². The number of nitrogen functional groups attached to an aromatic ring is 1. The third-order valence-corrected chi connectivity index (χ3v) is 4.27. The fourth-order valence-corrected chi connectivity index (χ4v) is 3.16. The number of benzene rings is 2. The number of amides is 2. The number of nitrogens with zero attached hydrogens (tertiary/aromatic N) is 2. The van der Waals surface area contributed by atoms with E-state index in [9.17, 15) is 24.5 Å². The molecule has 0 fully saturated rings. The summed E-state index contributed by atoms with van der Waals surface area (Å²) < 4.78 is 1.07. The predicted octanol–water partition coefficient (Wildman–Crippen LogP) is 1.36. The van der Waals surface area contributed by atoms with Crippen molar-refractivity contribution in [2.24, 2.45) is 0 Å². The van der Waals surface area contributed by atoms with Gasteiger partial charge in [-0.15, -0.1) is 0 Å². The highest BCUT2D eigenvalue weighted by Crippen LogP contribution is 2.31. The van der Waals surface area contributed by atoms with Crippen LogP contribution in [-0.2, 0) is 0 Å². The van der Waals surface area contributed by atoms with Crippen LogP contribution in [-0.4, -0.2) is 21.3 Å². The van der Waals surface area contributed by atoms with Gasteiger partial charge >= 0.3 is 0 Å². The van der Waals surface area contributed by atoms with Crippen molar-refractivity contribution < 1.29 is 14.5 Å². The molecule has 4 rings (SSSR count). The van der Waals surface area contributed by atoms with E-state index in [0.29, 0.717) is 10.8 Å². The molecular formula is C17H10N4O5. The summed E-state index contributed by atoms with van der Waals surface area (Å²) in [5.41, 5.74) is 5.40. The summed E-state index contributed by atoms with van der Waals surface area (Å²) in [5, 5.41) is 14.1. The number of nitrogens with two attached hydrogens (primary N) is 1. The van der Waals surface area contributed by atoms with Gasteiger partial charge in [0.2, 0.25) is 0 Å². The molecule has 2 aromatic carbocycles. The number of pyridine rings is 1. The average molecular weight is 350 g/mol. The summed E-state index contributed by atoms with van der Waals surface area (Å²) in [6, 6.07) is 10.2. The Bertz CT molecular complexity index is 1210. The zero-order valence-electron chi connectivity index (χ0n) is 13.1. The molecule has 2 amide bonds. The first-order chi connectivity index (χ1) is 12.4. The number of non-ortho nitro benzene ring substituents is 1. The van der Waals surface area contributed by atoms with Crippen LogP contribution in [0.4, 0.5) is 11.5 Å². The van der Waals surface area contributed by atoms with Crippen LogP contribution in [0.15, 0.2) is 47.3 Å². The van der Waals surface area contributed by atoms with E-state index >= 15 is 0 Å². The lowest BCUT2D eigenvalue weighted by atomic mass is 10.1. The highest BCUT2D eigenvalue weighted by atomic mass is 16.6. The van der Waals surface area contributed by atoms with Gasteiger partial charge in [0.15, 0.2) is 0 Å². The first-order valence-electron chi connectivity index (χ1n) is 7.48. The standard InChI is InChI=1S/C17H10N4O5/c18-15-14-10(16(23)19-17(14)24)7-13(22)20(15)11-5-1-4-9-8(11)3-2-6-12(9)21(25)26/h1-7H,18H2,(H,19,23,24). The molecule has 0 atom stereocenters. The molecule has 3 N–H and O–H groups in total. The fraction of sp³-hybridized carbons (Fsp3) is 0. The van der Waals surface area contributed by atoms with Crippen LogP contribution in [0.25, 0.3) is 16.5 Å². The van der Waals surface area contributed by atoms with Crippen molar-refractivity contribution in [1.82, 2.24) is 9.88 Å². The normalized spacial score (nSPS) is 12.9. The van der Waals surface area contributed by atoms with Crippen molar-refractivity contribution in [3.63, 3.8) is 0 Å². The minimum atomic E-state index is -0.692. The summed E-state index contributed by atoms with van der Waals surface area (Å²) >= 11 is 0. The second-order valence-corrected chi connectivity index (χ2v) is 5.68. The van der Waals surface area contributed by atoms with Gasteiger partial charge in [-0.3, -0.25) is 34.4 Å². The van der Waals surface area contributed by atoms with E-state index in [0.717, 1.165) is 10.6 Å². The van der Waals surface area contributed by atoms with E-state index in [4.69, 9.17) is 5.73 Å². The van der Waals surface area contributed by atoms with Crippen LogP contribution >= 0.6 is 0 Å². The maximum absolute atomic E-state index is 12.6. The quantitative estimate of drug-likeness (QED) is 0.407. The molecule has 3 aromatic rings. The highest BCUT2D eigenvalue weighted by molar-refractivity contribution is 6.23. The van der Waals surface area contributed by atoms with E-state index in [1.807, 2.05) is 0 Å². The summed E-state index contributed by atoms with van der Waals surface area (Å²) in [7, 11) is 0. The number of anilines is 1. The van der Waals surface area contributed by atoms with Crippen molar-refractivity contribution in [2.45, 2.75) is 0 Å². The first kappa shape index (κ1) is 15.5. The van der Waals surface area contributed by atoms with Crippen LogP contribution in [0.5, 0.6) is 0 Å². The van der Waals surface area contributed by atoms with Gasteiger partial charge in [-0.2, -0.15) is 0 Å². The van der Waals surface area contributed by atoms with E-state index in [1.165, 1.54) is 12.1 Å². The van der Waals surface area contributed by atoms with Crippen molar-refractivity contribution in [1.29, 1.82) is 0 Å². The molecule has 1 aliphatic heterocycles. The van der Waals surface area contributed by atoms with Gasteiger partial charge in [0.05, 0.1) is 27.1 Å². The zero-order valence-corrected chi connectivity index (χ0v) is 13.1. The maximum Gasteiger partial charge on any atom is 0.277 e. The van der Waals surface area contributed by atoms with Crippen LogP contribution in [0.1, 0.15) is 20.7 Å². The van der Waals surface area contributed by atoms with Gasteiger partial charge in [-0.05, 0) is 12.1 Å². The molecule has 9 heteroatoms. The minimum Gasteiger partial charge on any atom is -0.384 e. The molecule has 0 radical (unpaired) electrons. The Hall–Kier alpha value is -4.01. The Labute approximate surface area is 144 Å². The number of nitro groups is 1. The number of carbonyl (C=O) groups is 2.